The largest absolute Gasteiger partial charge is 0.307 e. The summed E-state index contributed by atoms with van der Waals surface area (Å²) in [6.07, 6.45) is 0. The van der Waals surface area contributed by atoms with Crippen molar-refractivity contribution in [2.45, 2.75) is 0 Å². The topological polar surface area (TPSA) is 102 Å². The lowest BCUT2D eigenvalue weighted by atomic mass is 9.91. The van der Waals surface area contributed by atoms with E-state index in [1.165, 1.54) is 0 Å². The van der Waals surface area contributed by atoms with Crippen molar-refractivity contribution in [1.82, 2.24) is 0 Å². The fraction of sp³-hybridized carbons (Fsp3) is 0. The Hall–Kier alpha value is -10.9. The predicted molar refractivity (Wildman–Crippen MR) is 300 cm³/mol. The number of benzene rings is 12. The van der Waals surface area contributed by atoms with Gasteiger partial charge in [0.15, 0.2) is 11.6 Å². The fourth-order valence-corrected chi connectivity index (χ4v) is 10.4. The molecule has 0 fully saturated rings. The molecule has 0 heterocycles. The van der Waals surface area contributed by atoms with Crippen LogP contribution in [0.4, 0.5) is 42.9 Å². The molecule has 0 spiro atoms. The van der Waals surface area contributed by atoms with Crippen LogP contribution in [-0.2, 0) is 0 Å². The van der Waals surface area contributed by atoms with Gasteiger partial charge in [0.1, 0.15) is 0 Å². The zero-order valence-corrected chi connectivity index (χ0v) is 40.4. The lowest BCUT2D eigenvalue weighted by Gasteiger charge is -2.30. The molecule has 0 aromatic heterocycles. The smallest absolute Gasteiger partial charge is 0.155 e. The highest BCUT2D eigenvalue weighted by atomic mass is 19.1. The van der Waals surface area contributed by atoms with Gasteiger partial charge in [-0.1, -0.05) is 121 Å². The summed E-state index contributed by atoms with van der Waals surface area (Å²) in [5.74, 6) is -0.939. The van der Waals surface area contributed by atoms with Gasteiger partial charge >= 0.3 is 0 Å². The summed E-state index contributed by atoms with van der Waals surface area (Å²) in [5, 5.41) is 44.1. The van der Waals surface area contributed by atoms with E-state index in [-0.39, 0.29) is 11.4 Å². The highest BCUT2D eigenvalue weighted by molar-refractivity contribution is 6.28. The highest BCUT2D eigenvalue weighted by Crippen LogP contribution is 2.50. The molecule has 0 bridgehead atoms. The van der Waals surface area contributed by atoms with Gasteiger partial charge in [-0.25, -0.2) is 8.78 Å². The van der Waals surface area contributed by atoms with Crippen LogP contribution in [0, 0.1) is 57.0 Å². The normalized spacial score (nSPS) is 11.0. The van der Waals surface area contributed by atoms with Crippen LogP contribution in [0.3, 0.4) is 0 Å². The number of rotatable bonds is 10. The van der Waals surface area contributed by atoms with Gasteiger partial charge in [0.25, 0.3) is 0 Å². The van der Waals surface area contributed by atoms with E-state index in [0.29, 0.717) is 67.3 Å². The number of hydrogen-bond donors (Lipinski definition) is 0. The summed E-state index contributed by atoms with van der Waals surface area (Å²) in [7, 11) is 0. The maximum atomic E-state index is 18.0. The number of halogens is 2. The van der Waals surface area contributed by atoms with E-state index in [1.54, 1.807) is 72.8 Å². The molecule has 0 saturated heterocycles. The van der Waals surface area contributed by atoms with Crippen molar-refractivity contribution in [3.63, 3.8) is 0 Å². The quantitative estimate of drug-likeness (QED) is 0.127. The first-order chi connectivity index (χ1) is 37.3. The number of para-hydroxylation sites is 2. The zero-order chi connectivity index (χ0) is 51.9. The van der Waals surface area contributed by atoms with E-state index in [4.69, 9.17) is 0 Å². The molecule has 0 amide bonds. The standard InChI is InChI=1S/C68H38F2N6/c69-67-59(49-23-15-45(41-73)16-24-49)35-53(47-19-11-43(39-71)12-20-47)37-63(67)75(55-7-3-1-4-8-55)61-33-29-51-28-32-58-62(34-30-52-27-31-57(61)65(51)66(52)58)76(56-9-5-2-6-10-56)64-38-54(48-21-13-44(40-72)14-22-48)36-60(68(64)70)50-25-17-46(42-74)18-26-50/h1-38H. The van der Waals surface area contributed by atoms with Gasteiger partial charge < -0.3 is 9.80 Å². The molecular weight excluding hydrogens is 939 g/mol. The third-order valence-electron chi connectivity index (χ3n) is 14.1. The number of nitrogens with zero attached hydrogens (tertiary/aromatic N) is 6. The fourth-order valence-electron chi connectivity index (χ4n) is 10.4. The van der Waals surface area contributed by atoms with Gasteiger partial charge in [0.2, 0.25) is 0 Å². The summed E-state index contributed by atoms with van der Waals surface area (Å²) in [6, 6.07) is 80.1. The van der Waals surface area contributed by atoms with Crippen molar-refractivity contribution in [2.75, 3.05) is 9.80 Å². The Morgan fingerprint density at radius 2 is 0.605 bits per heavy atom. The molecule has 0 aliphatic rings. The molecule has 12 rings (SSSR count). The molecule has 12 aromatic rings. The van der Waals surface area contributed by atoms with Crippen LogP contribution >= 0.6 is 0 Å². The molecule has 0 N–H and O–H groups in total. The SMILES string of the molecule is N#Cc1ccc(-c2cc(-c3ccc(C#N)cc3)c(F)c(N(c3ccccc3)c3ccc4ccc5c(N(c6ccccc6)c6cc(-c7ccc(C#N)cc7)cc(-c7ccc(C#N)cc7)c6F)ccc6ccc3c4c65)c2)cc1. The molecule has 354 valence electrons. The Bertz CT molecular complexity index is 4090. The molecule has 6 nitrogen and oxygen atoms in total. The minimum Gasteiger partial charge on any atom is -0.307 e. The Kier molecular flexibility index (Phi) is 11.7. The summed E-state index contributed by atoms with van der Waals surface area (Å²) in [5.41, 5.74) is 10.2. The second-order valence-corrected chi connectivity index (χ2v) is 18.4. The Labute approximate surface area is 437 Å². The molecule has 0 aliphatic heterocycles. The van der Waals surface area contributed by atoms with E-state index in [2.05, 4.69) is 60.7 Å². The maximum Gasteiger partial charge on any atom is 0.155 e. The second kappa shape index (κ2) is 19.3. The minimum atomic E-state index is -0.469. The predicted octanol–water partition coefficient (Wildman–Crippen LogP) is 18.0. The number of nitriles is 4. The molecular formula is C68H38F2N6. The van der Waals surface area contributed by atoms with Crippen LogP contribution in [0.1, 0.15) is 22.3 Å². The van der Waals surface area contributed by atoms with Crippen LogP contribution in [0.2, 0.25) is 0 Å². The van der Waals surface area contributed by atoms with Crippen molar-refractivity contribution < 1.29 is 8.78 Å². The van der Waals surface area contributed by atoms with Crippen LogP contribution < -0.4 is 9.80 Å². The summed E-state index contributed by atoms with van der Waals surface area (Å²) >= 11 is 0. The van der Waals surface area contributed by atoms with Gasteiger partial charge in [-0.2, -0.15) is 21.0 Å². The van der Waals surface area contributed by atoms with E-state index in [1.807, 2.05) is 131 Å². The third kappa shape index (κ3) is 8.12. The molecule has 0 radical (unpaired) electrons. The minimum absolute atomic E-state index is 0.286. The Morgan fingerprint density at radius 1 is 0.289 bits per heavy atom. The molecule has 0 atom stereocenters. The molecule has 76 heavy (non-hydrogen) atoms. The third-order valence-corrected chi connectivity index (χ3v) is 14.1. The summed E-state index contributed by atoms with van der Waals surface area (Å²) < 4.78 is 36.0. The van der Waals surface area contributed by atoms with Crippen molar-refractivity contribution in [2.24, 2.45) is 0 Å². The van der Waals surface area contributed by atoms with E-state index < -0.39 is 11.6 Å². The van der Waals surface area contributed by atoms with Crippen molar-refractivity contribution in [1.29, 1.82) is 21.0 Å². The molecule has 0 aliphatic carbocycles. The first-order valence-corrected chi connectivity index (χ1v) is 24.4. The van der Waals surface area contributed by atoms with Crippen molar-refractivity contribution in [3.05, 3.63) is 264 Å². The van der Waals surface area contributed by atoms with Crippen LogP contribution in [-0.4, -0.2) is 0 Å². The van der Waals surface area contributed by atoms with Crippen LogP contribution in [0.15, 0.2) is 231 Å². The highest BCUT2D eigenvalue weighted by Gasteiger charge is 2.27. The number of anilines is 6. The molecule has 12 aromatic carbocycles. The van der Waals surface area contributed by atoms with Crippen molar-refractivity contribution >= 4 is 66.4 Å². The molecule has 0 unspecified atom stereocenters. The van der Waals surface area contributed by atoms with Gasteiger partial charge in [0, 0.05) is 33.3 Å². The summed E-state index contributed by atoms with van der Waals surface area (Å²) in [6.45, 7) is 0. The number of hydrogen-bond acceptors (Lipinski definition) is 6. The Balaban J connectivity index is 1.10. The van der Waals surface area contributed by atoms with Gasteiger partial charge in [-0.15, -0.1) is 0 Å². The van der Waals surface area contributed by atoms with Gasteiger partial charge in [0.05, 0.1) is 69.3 Å². The maximum absolute atomic E-state index is 18.0. The van der Waals surface area contributed by atoms with Crippen LogP contribution in [0.25, 0.3) is 76.8 Å². The molecule has 8 heteroatoms. The lowest BCUT2D eigenvalue weighted by Crippen LogP contribution is -2.14. The van der Waals surface area contributed by atoms with Crippen molar-refractivity contribution in [3.8, 4) is 68.8 Å². The van der Waals surface area contributed by atoms with E-state index in [0.717, 1.165) is 54.6 Å². The van der Waals surface area contributed by atoms with Gasteiger partial charge in [-0.3, -0.25) is 0 Å². The average Bonchev–Trinajstić information content (AvgIpc) is 3.63. The first kappa shape index (κ1) is 46.2. The monoisotopic (exact) mass is 976 g/mol. The molecule has 0 saturated carbocycles. The first-order valence-electron chi connectivity index (χ1n) is 24.4. The van der Waals surface area contributed by atoms with Crippen LogP contribution in [0.5, 0.6) is 0 Å². The second-order valence-electron chi connectivity index (χ2n) is 18.4. The Morgan fingerprint density at radius 3 is 0.934 bits per heavy atom. The zero-order valence-electron chi connectivity index (χ0n) is 40.4. The average molecular weight is 977 g/mol. The summed E-state index contributed by atoms with van der Waals surface area (Å²) in [4.78, 5) is 3.90. The van der Waals surface area contributed by atoms with E-state index >= 15 is 8.78 Å². The van der Waals surface area contributed by atoms with E-state index in [9.17, 15) is 21.0 Å². The van der Waals surface area contributed by atoms with Gasteiger partial charge in [-0.05, 0) is 164 Å². The lowest BCUT2D eigenvalue weighted by molar-refractivity contribution is 0.632.